The summed E-state index contributed by atoms with van der Waals surface area (Å²) in [6.07, 6.45) is 0. The average Bonchev–Trinajstić information content (AvgIpc) is 2.43. The molecule has 2 rings (SSSR count). The number of hydrogen-bond acceptors (Lipinski definition) is 2. The largest absolute Gasteiger partial charge is 0.326 e. The lowest BCUT2D eigenvalue weighted by Crippen LogP contribution is -1.96. The summed E-state index contributed by atoms with van der Waals surface area (Å²) in [6, 6.07) is 5.84. The van der Waals surface area contributed by atoms with Gasteiger partial charge in [0.1, 0.15) is 5.15 Å². The molecule has 1 heterocycles. The SMILES string of the molecule is Cn1nc2cccc(CN)c2c1Cl. The highest BCUT2D eigenvalue weighted by molar-refractivity contribution is 6.34. The Morgan fingerprint density at radius 3 is 3.00 bits per heavy atom. The van der Waals surface area contributed by atoms with Gasteiger partial charge in [0.2, 0.25) is 0 Å². The average molecular weight is 196 g/mol. The first-order chi connectivity index (χ1) is 6.24. The summed E-state index contributed by atoms with van der Waals surface area (Å²) in [5.74, 6) is 0. The molecule has 2 aromatic rings. The van der Waals surface area contributed by atoms with Crippen LogP contribution < -0.4 is 5.73 Å². The topological polar surface area (TPSA) is 43.8 Å². The number of aromatic nitrogens is 2. The van der Waals surface area contributed by atoms with E-state index in [2.05, 4.69) is 5.10 Å². The summed E-state index contributed by atoms with van der Waals surface area (Å²) < 4.78 is 1.66. The molecular formula is C9H10ClN3. The predicted molar refractivity (Wildman–Crippen MR) is 53.6 cm³/mol. The number of fused-ring (bicyclic) bond motifs is 1. The molecule has 3 nitrogen and oxygen atoms in total. The predicted octanol–water partition coefficient (Wildman–Crippen LogP) is 1.69. The minimum Gasteiger partial charge on any atom is -0.326 e. The van der Waals surface area contributed by atoms with Crippen LogP contribution in [-0.4, -0.2) is 9.78 Å². The van der Waals surface area contributed by atoms with Crippen molar-refractivity contribution in [3.05, 3.63) is 28.9 Å². The number of nitrogens with zero attached hydrogens (tertiary/aromatic N) is 2. The fraction of sp³-hybridized carbons (Fsp3) is 0.222. The summed E-state index contributed by atoms with van der Waals surface area (Å²) in [5, 5.41) is 5.87. The fourth-order valence-electron chi connectivity index (χ4n) is 1.45. The Hall–Kier alpha value is -1.06. The molecule has 4 heteroatoms. The van der Waals surface area contributed by atoms with Gasteiger partial charge in [-0.05, 0) is 11.6 Å². The minimum atomic E-state index is 0.489. The van der Waals surface area contributed by atoms with Crippen molar-refractivity contribution in [3.8, 4) is 0 Å². The quantitative estimate of drug-likeness (QED) is 0.753. The van der Waals surface area contributed by atoms with Gasteiger partial charge < -0.3 is 5.73 Å². The monoisotopic (exact) mass is 195 g/mol. The van der Waals surface area contributed by atoms with Crippen LogP contribution in [-0.2, 0) is 13.6 Å². The lowest BCUT2D eigenvalue weighted by Gasteiger charge is -1.97. The summed E-state index contributed by atoms with van der Waals surface area (Å²) in [7, 11) is 1.82. The molecule has 2 N–H and O–H groups in total. The zero-order valence-electron chi connectivity index (χ0n) is 7.29. The minimum absolute atomic E-state index is 0.489. The van der Waals surface area contributed by atoms with Crippen LogP contribution in [0.5, 0.6) is 0 Å². The molecule has 13 heavy (non-hydrogen) atoms. The van der Waals surface area contributed by atoms with Gasteiger partial charge in [-0.2, -0.15) is 5.10 Å². The third-order valence-electron chi connectivity index (χ3n) is 2.10. The molecule has 1 aromatic heterocycles. The van der Waals surface area contributed by atoms with E-state index in [-0.39, 0.29) is 0 Å². The van der Waals surface area contributed by atoms with E-state index >= 15 is 0 Å². The zero-order chi connectivity index (χ0) is 9.42. The Morgan fingerprint density at radius 2 is 2.31 bits per heavy atom. The molecule has 0 aliphatic heterocycles. The molecule has 0 saturated carbocycles. The maximum Gasteiger partial charge on any atom is 0.134 e. The van der Waals surface area contributed by atoms with Crippen molar-refractivity contribution in [2.75, 3.05) is 0 Å². The van der Waals surface area contributed by atoms with E-state index in [1.54, 1.807) is 4.68 Å². The Labute approximate surface area is 81.1 Å². The summed E-state index contributed by atoms with van der Waals surface area (Å²) >= 11 is 6.07. The van der Waals surface area contributed by atoms with Crippen molar-refractivity contribution in [1.29, 1.82) is 0 Å². The van der Waals surface area contributed by atoms with Gasteiger partial charge in [-0.15, -0.1) is 0 Å². The van der Waals surface area contributed by atoms with Gasteiger partial charge in [0.15, 0.2) is 0 Å². The third kappa shape index (κ3) is 1.20. The first-order valence-electron chi connectivity index (χ1n) is 4.04. The van der Waals surface area contributed by atoms with E-state index in [9.17, 15) is 0 Å². The lowest BCUT2D eigenvalue weighted by atomic mass is 10.1. The first kappa shape index (κ1) is 8.53. The summed E-state index contributed by atoms with van der Waals surface area (Å²) in [6.45, 7) is 0.489. The number of hydrogen-bond donors (Lipinski definition) is 1. The van der Waals surface area contributed by atoms with Crippen molar-refractivity contribution < 1.29 is 0 Å². The second-order valence-corrected chi connectivity index (χ2v) is 3.29. The highest BCUT2D eigenvalue weighted by atomic mass is 35.5. The first-order valence-corrected chi connectivity index (χ1v) is 4.42. The van der Waals surface area contributed by atoms with Crippen LogP contribution in [0.3, 0.4) is 0 Å². The normalized spacial score (nSPS) is 11.0. The van der Waals surface area contributed by atoms with Gasteiger partial charge in [-0.3, -0.25) is 4.68 Å². The second-order valence-electron chi connectivity index (χ2n) is 2.93. The molecule has 0 radical (unpaired) electrons. The molecule has 0 fully saturated rings. The van der Waals surface area contributed by atoms with Crippen LogP contribution in [0.15, 0.2) is 18.2 Å². The van der Waals surface area contributed by atoms with Crippen LogP contribution in [0.2, 0.25) is 5.15 Å². The summed E-state index contributed by atoms with van der Waals surface area (Å²) in [4.78, 5) is 0. The smallest absolute Gasteiger partial charge is 0.134 e. The Kier molecular flexibility index (Phi) is 1.98. The van der Waals surface area contributed by atoms with Gasteiger partial charge in [0.05, 0.1) is 5.52 Å². The molecule has 0 saturated heterocycles. The molecule has 0 atom stereocenters. The highest BCUT2D eigenvalue weighted by Gasteiger charge is 2.08. The maximum atomic E-state index is 6.07. The van der Waals surface area contributed by atoms with E-state index < -0.39 is 0 Å². The Bertz CT molecular complexity index is 447. The van der Waals surface area contributed by atoms with Crippen LogP contribution in [0.1, 0.15) is 5.56 Å². The van der Waals surface area contributed by atoms with Gasteiger partial charge in [-0.1, -0.05) is 23.7 Å². The van der Waals surface area contributed by atoms with E-state index in [0.29, 0.717) is 11.7 Å². The van der Waals surface area contributed by atoms with Crippen molar-refractivity contribution in [2.24, 2.45) is 12.8 Å². The van der Waals surface area contributed by atoms with E-state index in [4.69, 9.17) is 17.3 Å². The third-order valence-corrected chi connectivity index (χ3v) is 2.53. The standard InChI is InChI=1S/C9H10ClN3/c1-13-9(10)8-6(5-11)3-2-4-7(8)12-13/h2-4H,5,11H2,1H3. The number of rotatable bonds is 1. The molecule has 0 bridgehead atoms. The van der Waals surface area contributed by atoms with E-state index in [1.165, 1.54) is 0 Å². The van der Waals surface area contributed by atoms with Gasteiger partial charge in [0, 0.05) is 19.0 Å². The van der Waals surface area contributed by atoms with Gasteiger partial charge >= 0.3 is 0 Å². The lowest BCUT2D eigenvalue weighted by molar-refractivity contribution is 0.780. The zero-order valence-corrected chi connectivity index (χ0v) is 8.04. The van der Waals surface area contributed by atoms with Crippen LogP contribution in [0.25, 0.3) is 10.9 Å². The maximum absolute atomic E-state index is 6.07. The van der Waals surface area contributed by atoms with E-state index in [1.807, 2.05) is 25.2 Å². The number of benzene rings is 1. The van der Waals surface area contributed by atoms with Gasteiger partial charge in [-0.25, -0.2) is 0 Å². The highest BCUT2D eigenvalue weighted by Crippen LogP contribution is 2.25. The molecule has 0 aliphatic carbocycles. The molecule has 0 amide bonds. The molecule has 0 spiro atoms. The molecule has 0 unspecified atom stereocenters. The fourth-order valence-corrected chi connectivity index (χ4v) is 1.70. The van der Waals surface area contributed by atoms with Crippen molar-refractivity contribution in [3.63, 3.8) is 0 Å². The summed E-state index contributed by atoms with van der Waals surface area (Å²) in [5.41, 5.74) is 7.53. The van der Waals surface area contributed by atoms with Crippen molar-refractivity contribution in [2.45, 2.75) is 6.54 Å². The molecule has 0 aliphatic rings. The Morgan fingerprint density at radius 1 is 1.54 bits per heavy atom. The number of halogens is 1. The van der Waals surface area contributed by atoms with Crippen molar-refractivity contribution in [1.82, 2.24) is 9.78 Å². The Balaban J connectivity index is 2.87. The van der Waals surface area contributed by atoms with Crippen molar-refractivity contribution >= 4 is 22.5 Å². The van der Waals surface area contributed by atoms with Crippen LogP contribution >= 0.6 is 11.6 Å². The molecule has 1 aromatic carbocycles. The number of aryl methyl sites for hydroxylation is 1. The second kappa shape index (κ2) is 3.01. The number of nitrogens with two attached hydrogens (primary N) is 1. The van der Waals surface area contributed by atoms with E-state index in [0.717, 1.165) is 16.5 Å². The van der Waals surface area contributed by atoms with Crippen LogP contribution in [0.4, 0.5) is 0 Å². The molecule has 68 valence electrons. The molecular weight excluding hydrogens is 186 g/mol. The van der Waals surface area contributed by atoms with Gasteiger partial charge in [0.25, 0.3) is 0 Å². The van der Waals surface area contributed by atoms with Crippen LogP contribution in [0, 0.1) is 0 Å².